The summed E-state index contributed by atoms with van der Waals surface area (Å²) in [6.07, 6.45) is 1.50. The van der Waals surface area contributed by atoms with Gasteiger partial charge in [0.25, 0.3) is 0 Å². The lowest BCUT2D eigenvalue weighted by atomic mass is 10.1. The number of carbonyl (C=O) groups is 1. The lowest BCUT2D eigenvalue weighted by molar-refractivity contribution is -0.118. The number of amides is 1. The van der Waals surface area contributed by atoms with E-state index in [1.807, 2.05) is 32.0 Å². The third-order valence-electron chi connectivity index (χ3n) is 3.24. The molecule has 5 heteroatoms. The molecule has 0 aliphatic heterocycles. The molecule has 0 aliphatic rings. The average Bonchev–Trinajstić information content (AvgIpc) is 2.41. The molecular weight excluding hydrogens is 268 g/mol. The highest BCUT2D eigenvalue weighted by atomic mass is 16.5. The standard InChI is InChI=1S/C16H26N2O3/c1-12-6-5-7-13(2)16(12)21-11-14(19)10-18-9-4-3-8-15(17)20/h5-7,14,18-19H,3-4,8-11H2,1-2H3,(H2,17,20). The Morgan fingerprint density at radius 1 is 1.33 bits per heavy atom. The van der Waals surface area contributed by atoms with E-state index in [9.17, 15) is 9.90 Å². The molecule has 0 heterocycles. The van der Waals surface area contributed by atoms with Crippen LogP contribution in [0.1, 0.15) is 30.4 Å². The fraction of sp³-hybridized carbons (Fsp3) is 0.562. The van der Waals surface area contributed by atoms with Gasteiger partial charge in [0.05, 0.1) is 0 Å². The molecule has 1 unspecified atom stereocenters. The maximum Gasteiger partial charge on any atom is 0.217 e. The Morgan fingerprint density at radius 2 is 2.00 bits per heavy atom. The number of aliphatic hydroxyl groups excluding tert-OH is 1. The van der Waals surface area contributed by atoms with Crippen LogP contribution in [0.5, 0.6) is 5.75 Å². The molecule has 1 aromatic rings. The van der Waals surface area contributed by atoms with E-state index in [0.717, 1.165) is 36.3 Å². The van der Waals surface area contributed by atoms with Gasteiger partial charge in [-0.25, -0.2) is 0 Å². The Labute approximate surface area is 126 Å². The number of benzene rings is 1. The van der Waals surface area contributed by atoms with Crippen LogP contribution in [0.4, 0.5) is 0 Å². The maximum atomic E-state index is 10.6. The highest BCUT2D eigenvalue weighted by molar-refractivity contribution is 5.73. The van der Waals surface area contributed by atoms with Crippen molar-refractivity contribution in [2.75, 3.05) is 19.7 Å². The lowest BCUT2D eigenvalue weighted by Crippen LogP contribution is -2.32. The third-order valence-corrected chi connectivity index (χ3v) is 3.24. The molecule has 5 nitrogen and oxygen atoms in total. The predicted molar refractivity (Wildman–Crippen MR) is 83.3 cm³/mol. The zero-order valence-electron chi connectivity index (χ0n) is 12.9. The number of unbranched alkanes of at least 4 members (excludes halogenated alkanes) is 1. The minimum absolute atomic E-state index is 0.264. The molecule has 1 atom stereocenters. The van der Waals surface area contributed by atoms with Gasteiger partial charge in [0.2, 0.25) is 5.91 Å². The van der Waals surface area contributed by atoms with Crippen molar-refractivity contribution in [2.24, 2.45) is 5.73 Å². The van der Waals surface area contributed by atoms with Crippen molar-refractivity contribution in [1.29, 1.82) is 0 Å². The molecular formula is C16H26N2O3. The van der Waals surface area contributed by atoms with E-state index in [0.29, 0.717) is 13.0 Å². The number of para-hydroxylation sites is 1. The van der Waals surface area contributed by atoms with Gasteiger partial charge in [-0.3, -0.25) is 4.79 Å². The molecule has 4 N–H and O–H groups in total. The number of hydrogen-bond donors (Lipinski definition) is 3. The van der Waals surface area contributed by atoms with Crippen molar-refractivity contribution in [3.63, 3.8) is 0 Å². The summed E-state index contributed by atoms with van der Waals surface area (Å²) >= 11 is 0. The van der Waals surface area contributed by atoms with Gasteiger partial charge in [0, 0.05) is 13.0 Å². The second-order valence-electron chi connectivity index (χ2n) is 5.31. The normalized spacial score (nSPS) is 12.1. The number of aliphatic hydroxyl groups is 1. The molecule has 0 aliphatic carbocycles. The Kier molecular flexibility index (Phi) is 7.79. The Bertz CT molecular complexity index is 429. The van der Waals surface area contributed by atoms with E-state index >= 15 is 0 Å². The first kappa shape index (κ1) is 17.5. The summed E-state index contributed by atoms with van der Waals surface area (Å²) in [7, 11) is 0. The number of ether oxygens (including phenoxy) is 1. The zero-order valence-corrected chi connectivity index (χ0v) is 12.9. The molecule has 0 aromatic heterocycles. The van der Waals surface area contributed by atoms with E-state index in [4.69, 9.17) is 10.5 Å². The zero-order chi connectivity index (χ0) is 15.7. The predicted octanol–water partition coefficient (Wildman–Crippen LogP) is 1.29. The number of nitrogens with one attached hydrogen (secondary N) is 1. The summed E-state index contributed by atoms with van der Waals surface area (Å²) in [6.45, 7) is 5.48. The van der Waals surface area contributed by atoms with Gasteiger partial charge in [-0.05, 0) is 44.4 Å². The number of aryl methyl sites for hydroxylation is 2. The van der Waals surface area contributed by atoms with Crippen LogP contribution in [0.25, 0.3) is 0 Å². The summed E-state index contributed by atoms with van der Waals surface area (Å²) in [6, 6.07) is 5.97. The number of nitrogens with two attached hydrogens (primary N) is 1. The molecule has 0 saturated heterocycles. The smallest absolute Gasteiger partial charge is 0.217 e. The van der Waals surface area contributed by atoms with Gasteiger partial charge >= 0.3 is 0 Å². The van der Waals surface area contributed by atoms with Crippen LogP contribution in [0.2, 0.25) is 0 Å². The molecule has 1 amide bonds. The topological polar surface area (TPSA) is 84.6 Å². The highest BCUT2D eigenvalue weighted by Gasteiger charge is 2.08. The Morgan fingerprint density at radius 3 is 2.62 bits per heavy atom. The molecule has 0 radical (unpaired) electrons. The quantitative estimate of drug-likeness (QED) is 0.568. The summed E-state index contributed by atoms with van der Waals surface area (Å²) < 4.78 is 5.69. The van der Waals surface area contributed by atoms with Crippen molar-refractivity contribution in [3.05, 3.63) is 29.3 Å². The fourth-order valence-corrected chi connectivity index (χ4v) is 2.08. The molecule has 0 saturated carbocycles. The molecule has 118 valence electrons. The number of rotatable bonds is 10. The lowest BCUT2D eigenvalue weighted by Gasteiger charge is -2.16. The minimum Gasteiger partial charge on any atom is -0.490 e. The maximum absolute atomic E-state index is 10.6. The van der Waals surface area contributed by atoms with Gasteiger partial charge in [0.15, 0.2) is 0 Å². The van der Waals surface area contributed by atoms with E-state index in [1.54, 1.807) is 0 Å². The van der Waals surface area contributed by atoms with Crippen molar-refractivity contribution in [3.8, 4) is 5.75 Å². The summed E-state index contributed by atoms with van der Waals surface area (Å²) in [5, 5.41) is 13.0. The van der Waals surface area contributed by atoms with Gasteiger partial charge in [0.1, 0.15) is 18.5 Å². The second kappa shape index (κ2) is 9.37. The van der Waals surface area contributed by atoms with Gasteiger partial charge in [-0.1, -0.05) is 18.2 Å². The summed E-state index contributed by atoms with van der Waals surface area (Å²) in [4.78, 5) is 10.6. The van der Waals surface area contributed by atoms with Gasteiger partial charge in [-0.2, -0.15) is 0 Å². The number of primary amides is 1. The van der Waals surface area contributed by atoms with Crippen molar-refractivity contribution in [1.82, 2.24) is 5.32 Å². The van der Waals surface area contributed by atoms with Gasteiger partial charge in [-0.15, -0.1) is 0 Å². The molecule has 0 spiro atoms. The molecule has 0 bridgehead atoms. The second-order valence-corrected chi connectivity index (χ2v) is 5.31. The minimum atomic E-state index is -0.555. The SMILES string of the molecule is Cc1cccc(C)c1OCC(O)CNCCCCC(N)=O. The molecule has 1 rings (SSSR count). The van der Waals surface area contributed by atoms with Crippen LogP contribution in [0.15, 0.2) is 18.2 Å². The molecule has 21 heavy (non-hydrogen) atoms. The first-order valence-corrected chi connectivity index (χ1v) is 7.36. The highest BCUT2D eigenvalue weighted by Crippen LogP contribution is 2.22. The van der Waals surface area contributed by atoms with Crippen LogP contribution in [-0.4, -0.2) is 36.8 Å². The van der Waals surface area contributed by atoms with E-state index in [2.05, 4.69) is 5.32 Å². The largest absolute Gasteiger partial charge is 0.490 e. The first-order valence-electron chi connectivity index (χ1n) is 7.36. The van der Waals surface area contributed by atoms with Crippen LogP contribution in [0.3, 0.4) is 0 Å². The van der Waals surface area contributed by atoms with Crippen molar-refractivity contribution < 1.29 is 14.6 Å². The van der Waals surface area contributed by atoms with E-state index in [1.165, 1.54) is 0 Å². The third kappa shape index (κ3) is 7.11. The van der Waals surface area contributed by atoms with Crippen LogP contribution in [-0.2, 0) is 4.79 Å². The molecule has 1 aromatic carbocycles. The number of hydrogen-bond acceptors (Lipinski definition) is 4. The monoisotopic (exact) mass is 294 g/mol. The van der Waals surface area contributed by atoms with Crippen LogP contribution >= 0.6 is 0 Å². The first-order chi connectivity index (χ1) is 10.0. The van der Waals surface area contributed by atoms with Crippen molar-refractivity contribution >= 4 is 5.91 Å². The number of carbonyl (C=O) groups excluding carboxylic acids is 1. The summed E-state index contributed by atoms with van der Waals surface area (Å²) in [5.41, 5.74) is 7.20. The molecule has 0 fully saturated rings. The average molecular weight is 294 g/mol. The van der Waals surface area contributed by atoms with Crippen LogP contribution in [0, 0.1) is 13.8 Å². The van der Waals surface area contributed by atoms with Crippen LogP contribution < -0.4 is 15.8 Å². The Balaban J connectivity index is 2.17. The Hall–Kier alpha value is -1.59. The van der Waals surface area contributed by atoms with Gasteiger partial charge < -0.3 is 20.9 Å². The van der Waals surface area contributed by atoms with E-state index in [-0.39, 0.29) is 12.5 Å². The van der Waals surface area contributed by atoms with E-state index < -0.39 is 6.10 Å². The fourth-order valence-electron chi connectivity index (χ4n) is 2.08. The summed E-state index contributed by atoms with van der Waals surface area (Å²) in [5.74, 6) is 0.579. The van der Waals surface area contributed by atoms with Crippen molar-refractivity contribution in [2.45, 2.75) is 39.2 Å².